The van der Waals surface area contributed by atoms with Crippen molar-refractivity contribution in [1.82, 2.24) is 10.2 Å². The third-order valence-electron chi connectivity index (χ3n) is 2.90. The fraction of sp³-hybridized carbons (Fsp3) is 0.286. The van der Waals surface area contributed by atoms with Gasteiger partial charge in [-0.15, -0.1) is 10.2 Å². The summed E-state index contributed by atoms with van der Waals surface area (Å²) in [6.45, 7) is 0. The molecular weight excluding hydrogens is 226 g/mol. The number of anilines is 1. The van der Waals surface area contributed by atoms with Crippen molar-refractivity contribution in [3.8, 4) is 17.0 Å². The Morgan fingerprint density at radius 2 is 1.83 bits per heavy atom. The number of nitrogens with zero attached hydrogens (tertiary/aromatic N) is 2. The van der Waals surface area contributed by atoms with Crippen LogP contribution in [0.25, 0.3) is 11.3 Å². The minimum atomic E-state index is 0.436. The molecule has 2 aromatic rings. The number of benzene rings is 1. The van der Waals surface area contributed by atoms with Gasteiger partial charge in [0.15, 0.2) is 0 Å². The molecule has 0 unspecified atom stereocenters. The van der Waals surface area contributed by atoms with Crippen LogP contribution in [0.5, 0.6) is 5.75 Å². The van der Waals surface area contributed by atoms with Crippen molar-refractivity contribution in [2.75, 3.05) is 12.4 Å². The molecule has 1 aromatic carbocycles. The van der Waals surface area contributed by atoms with Gasteiger partial charge in [0, 0.05) is 12.6 Å². The highest BCUT2D eigenvalue weighted by atomic mass is 16.5. The summed E-state index contributed by atoms with van der Waals surface area (Å²) in [5, 5.41) is 11.2. The Morgan fingerprint density at radius 1 is 1.06 bits per heavy atom. The van der Waals surface area contributed by atoms with Gasteiger partial charge in [0.05, 0.1) is 11.8 Å². The van der Waals surface area contributed by atoms with Crippen molar-refractivity contribution >= 4 is 5.82 Å². The lowest BCUT2D eigenvalue weighted by molar-refractivity contribution is 0.303. The lowest BCUT2D eigenvalue weighted by atomic mass is 10.1. The van der Waals surface area contributed by atoms with E-state index in [1.165, 1.54) is 12.8 Å². The highest BCUT2D eigenvalue weighted by Gasteiger charge is 2.23. The second-order valence-corrected chi connectivity index (χ2v) is 4.40. The second kappa shape index (κ2) is 4.64. The van der Waals surface area contributed by atoms with E-state index < -0.39 is 0 Å². The van der Waals surface area contributed by atoms with Gasteiger partial charge in [-0.3, -0.25) is 0 Å². The maximum absolute atomic E-state index is 5.71. The van der Waals surface area contributed by atoms with Crippen LogP contribution in [0.2, 0.25) is 0 Å². The summed E-state index contributed by atoms with van der Waals surface area (Å²) in [6.07, 6.45) is 2.79. The molecular formula is C14H15N3O. The first-order valence-corrected chi connectivity index (χ1v) is 6.14. The summed E-state index contributed by atoms with van der Waals surface area (Å²) in [7, 11) is 1.83. The Balaban J connectivity index is 1.77. The van der Waals surface area contributed by atoms with E-state index in [0.29, 0.717) is 6.10 Å². The summed E-state index contributed by atoms with van der Waals surface area (Å²) in [6, 6.07) is 11.9. The first-order chi connectivity index (χ1) is 8.85. The van der Waals surface area contributed by atoms with Crippen molar-refractivity contribution in [2.24, 2.45) is 0 Å². The first kappa shape index (κ1) is 11.0. The standard InChI is InChI=1S/C14H15N3O/c1-15-14-9-8-13(16-17-14)10-2-4-11(5-3-10)18-12-6-7-12/h2-5,8-9,12H,6-7H2,1H3,(H,15,17). The molecule has 3 rings (SSSR count). The molecule has 92 valence electrons. The molecule has 1 saturated carbocycles. The van der Waals surface area contributed by atoms with Crippen LogP contribution < -0.4 is 10.1 Å². The molecule has 0 saturated heterocycles. The van der Waals surface area contributed by atoms with Crippen LogP contribution in [0.1, 0.15) is 12.8 Å². The number of hydrogen-bond donors (Lipinski definition) is 1. The van der Waals surface area contributed by atoms with Gasteiger partial charge in [-0.05, 0) is 49.2 Å². The highest BCUT2D eigenvalue weighted by Crippen LogP contribution is 2.28. The van der Waals surface area contributed by atoms with E-state index in [1.54, 1.807) is 0 Å². The topological polar surface area (TPSA) is 47.0 Å². The number of nitrogens with one attached hydrogen (secondary N) is 1. The average molecular weight is 241 g/mol. The van der Waals surface area contributed by atoms with Gasteiger partial charge in [0.25, 0.3) is 0 Å². The lowest BCUT2D eigenvalue weighted by Gasteiger charge is -2.05. The molecule has 0 radical (unpaired) electrons. The fourth-order valence-electron chi connectivity index (χ4n) is 1.70. The molecule has 1 fully saturated rings. The third-order valence-corrected chi connectivity index (χ3v) is 2.90. The Hall–Kier alpha value is -2.10. The zero-order valence-corrected chi connectivity index (χ0v) is 10.3. The van der Waals surface area contributed by atoms with Gasteiger partial charge in [0.2, 0.25) is 0 Å². The lowest BCUT2D eigenvalue weighted by Crippen LogP contribution is -1.96. The molecule has 1 aliphatic rings. The zero-order chi connectivity index (χ0) is 12.4. The third kappa shape index (κ3) is 2.42. The van der Waals surface area contributed by atoms with Crippen molar-refractivity contribution in [1.29, 1.82) is 0 Å². The normalized spacial score (nSPS) is 14.3. The van der Waals surface area contributed by atoms with Crippen LogP contribution in [-0.4, -0.2) is 23.3 Å². The van der Waals surface area contributed by atoms with Gasteiger partial charge in [-0.1, -0.05) is 0 Å². The molecule has 0 amide bonds. The smallest absolute Gasteiger partial charge is 0.148 e. The number of rotatable bonds is 4. The van der Waals surface area contributed by atoms with Crippen molar-refractivity contribution in [3.63, 3.8) is 0 Å². The Morgan fingerprint density at radius 3 is 2.39 bits per heavy atom. The summed E-state index contributed by atoms with van der Waals surface area (Å²) < 4.78 is 5.71. The molecule has 1 aliphatic carbocycles. The van der Waals surface area contributed by atoms with E-state index in [4.69, 9.17) is 4.74 Å². The van der Waals surface area contributed by atoms with E-state index in [1.807, 2.05) is 43.4 Å². The minimum absolute atomic E-state index is 0.436. The minimum Gasteiger partial charge on any atom is -0.490 e. The van der Waals surface area contributed by atoms with Gasteiger partial charge < -0.3 is 10.1 Å². The summed E-state index contributed by atoms with van der Waals surface area (Å²) >= 11 is 0. The van der Waals surface area contributed by atoms with Gasteiger partial charge in [-0.25, -0.2) is 0 Å². The summed E-state index contributed by atoms with van der Waals surface area (Å²) in [5.41, 5.74) is 1.92. The Labute approximate surface area is 106 Å². The van der Waals surface area contributed by atoms with E-state index in [9.17, 15) is 0 Å². The molecule has 1 aromatic heterocycles. The number of aromatic nitrogens is 2. The predicted octanol–water partition coefficient (Wildman–Crippen LogP) is 2.73. The quantitative estimate of drug-likeness (QED) is 0.894. The van der Waals surface area contributed by atoms with Crippen LogP contribution in [0, 0.1) is 0 Å². The van der Waals surface area contributed by atoms with Gasteiger partial charge in [0.1, 0.15) is 11.6 Å². The predicted molar refractivity (Wildman–Crippen MR) is 70.7 cm³/mol. The van der Waals surface area contributed by atoms with Crippen molar-refractivity contribution in [2.45, 2.75) is 18.9 Å². The Kier molecular flexibility index (Phi) is 2.84. The molecule has 1 heterocycles. The maximum Gasteiger partial charge on any atom is 0.148 e. The molecule has 0 aliphatic heterocycles. The van der Waals surface area contributed by atoms with Crippen LogP contribution >= 0.6 is 0 Å². The zero-order valence-electron chi connectivity index (χ0n) is 10.3. The average Bonchev–Trinajstić information content (AvgIpc) is 3.24. The van der Waals surface area contributed by atoms with Crippen LogP contribution in [0.3, 0.4) is 0 Å². The monoisotopic (exact) mass is 241 g/mol. The molecule has 4 nitrogen and oxygen atoms in total. The Bertz CT molecular complexity index is 518. The molecule has 0 atom stereocenters. The van der Waals surface area contributed by atoms with Gasteiger partial charge in [-0.2, -0.15) is 0 Å². The number of hydrogen-bond acceptors (Lipinski definition) is 4. The molecule has 0 spiro atoms. The first-order valence-electron chi connectivity index (χ1n) is 6.14. The van der Waals surface area contributed by atoms with Gasteiger partial charge >= 0.3 is 0 Å². The highest BCUT2D eigenvalue weighted by molar-refractivity contribution is 5.60. The largest absolute Gasteiger partial charge is 0.490 e. The van der Waals surface area contributed by atoms with E-state index in [2.05, 4.69) is 15.5 Å². The molecule has 0 bridgehead atoms. The second-order valence-electron chi connectivity index (χ2n) is 4.40. The SMILES string of the molecule is CNc1ccc(-c2ccc(OC3CC3)cc2)nn1. The maximum atomic E-state index is 5.71. The van der Waals surface area contributed by atoms with Crippen LogP contribution in [0.15, 0.2) is 36.4 Å². The fourth-order valence-corrected chi connectivity index (χ4v) is 1.70. The van der Waals surface area contributed by atoms with Crippen molar-refractivity contribution < 1.29 is 4.74 Å². The van der Waals surface area contributed by atoms with E-state index in [0.717, 1.165) is 22.8 Å². The molecule has 4 heteroatoms. The summed E-state index contributed by atoms with van der Waals surface area (Å²) in [5.74, 6) is 1.70. The van der Waals surface area contributed by atoms with Crippen molar-refractivity contribution in [3.05, 3.63) is 36.4 Å². The summed E-state index contributed by atoms with van der Waals surface area (Å²) in [4.78, 5) is 0. The van der Waals surface area contributed by atoms with E-state index >= 15 is 0 Å². The van der Waals surface area contributed by atoms with Crippen LogP contribution in [0.4, 0.5) is 5.82 Å². The molecule has 18 heavy (non-hydrogen) atoms. The van der Waals surface area contributed by atoms with Crippen LogP contribution in [-0.2, 0) is 0 Å². The van der Waals surface area contributed by atoms with E-state index in [-0.39, 0.29) is 0 Å². The number of ether oxygens (including phenoxy) is 1. The molecule has 1 N–H and O–H groups in total.